The zero-order valence-electron chi connectivity index (χ0n) is 17.7. The van der Waals surface area contributed by atoms with Crippen LogP contribution in [0.1, 0.15) is 37.3 Å². The van der Waals surface area contributed by atoms with Crippen LogP contribution in [0.5, 0.6) is 0 Å². The molecular weight excluding hydrogens is 479 g/mol. The second kappa shape index (κ2) is 12.7. The average Bonchev–Trinajstić information content (AvgIpc) is 3.18. The molecule has 0 bridgehead atoms. The predicted molar refractivity (Wildman–Crippen MR) is 129 cm³/mol. The highest BCUT2D eigenvalue weighted by molar-refractivity contribution is 14.0. The maximum Gasteiger partial charge on any atom is 0.191 e. The lowest BCUT2D eigenvalue weighted by molar-refractivity contribution is 0.131. The molecular formula is C22H37IN4O2. The fourth-order valence-corrected chi connectivity index (χ4v) is 4.13. The van der Waals surface area contributed by atoms with Crippen LogP contribution in [-0.2, 0) is 17.7 Å². The standard InChI is InChI=1S/C22H36N4O2.HI/c1-2-23-21(25-17-22(9-14-27)10-15-28-18-22)24-11-5-12-26-13-8-19-6-3-4-7-20(19)16-26;/h3-4,6-7,27H,2,5,8-18H2,1H3,(H2,23,24,25);1H. The first-order valence-corrected chi connectivity index (χ1v) is 10.7. The molecule has 1 fully saturated rings. The fraction of sp³-hybridized carbons (Fsp3) is 0.682. The molecule has 1 aromatic rings. The number of ether oxygens (including phenoxy) is 1. The largest absolute Gasteiger partial charge is 0.396 e. The Morgan fingerprint density at radius 3 is 2.83 bits per heavy atom. The van der Waals surface area contributed by atoms with Gasteiger partial charge in [-0.05, 0) is 43.7 Å². The SMILES string of the molecule is CCNC(=NCC1(CCO)CCOC1)NCCCN1CCc2ccccc2C1.I. The Bertz CT molecular complexity index is 635. The van der Waals surface area contributed by atoms with Crippen molar-refractivity contribution in [2.45, 2.75) is 39.2 Å². The van der Waals surface area contributed by atoms with E-state index in [1.807, 2.05) is 0 Å². The number of aliphatic hydroxyl groups excluding tert-OH is 1. The third kappa shape index (κ3) is 7.38. The lowest BCUT2D eigenvalue weighted by atomic mass is 9.84. The number of halogens is 1. The topological polar surface area (TPSA) is 69.1 Å². The van der Waals surface area contributed by atoms with E-state index in [-0.39, 0.29) is 36.0 Å². The van der Waals surface area contributed by atoms with Gasteiger partial charge in [0.2, 0.25) is 0 Å². The normalized spacial score (nSPS) is 22.1. The number of fused-ring (bicyclic) bond motifs is 1. The van der Waals surface area contributed by atoms with Gasteiger partial charge in [-0.15, -0.1) is 24.0 Å². The van der Waals surface area contributed by atoms with Crippen LogP contribution in [-0.4, -0.2) is 68.5 Å². The predicted octanol–water partition coefficient (Wildman–Crippen LogP) is 2.40. The summed E-state index contributed by atoms with van der Waals surface area (Å²) in [5, 5.41) is 16.2. The molecule has 1 unspecified atom stereocenters. The number of aliphatic imine (C=N–C) groups is 1. The quantitative estimate of drug-likeness (QED) is 0.204. The molecule has 0 aromatic heterocycles. The van der Waals surface area contributed by atoms with Gasteiger partial charge >= 0.3 is 0 Å². The van der Waals surface area contributed by atoms with Crippen molar-refractivity contribution in [2.75, 3.05) is 52.5 Å². The van der Waals surface area contributed by atoms with E-state index >= 15 is 0 Å². The lowest BCUT2D eigenvalue weighted by Crippen LogP contribution is -2.40. The molecule has 164 valence electrons. The smallest absolute Gasteiger partial charge is 0.191 e. The highest BCUT2D eigenvalue weighted by Crippen LogP contribution is 2.32. The molecule has 2 aliphatic rings. The van der Waals surface area contributed by atoms with Crippen molar-refractivity contribution in [1.29, 1.82) is 0 Å². The molecule has 2 aliphatic heterocycles. The monoisotopic (exact) mass is 516 g/mol. The van der Waals surface area contributed by atoms with E-state index in [1.165, 1.54) is 11.1 Å². The summed E-state index contributed by atoms with van der Waals surface area (Å²) < 4.78 is 5.57. The van der Waals surface area contributed by atoms with Crippen LogP contribution < -0.4 is 10.6 Å². The molecule has 0 radical (unpaired) electrons. The summed E-state index contributed by atoms with van der Waals surface area (Å²) in [6.45, 7) is 9.53. The molecule has 3 N–H and O–H groups in total. The first-order valence-electron chi connectivity index (χ1n) is 10.7. The highest BCUT2D eigenvalue weighted by Gasteiger charge is 2.34. The molecule has 0 amide bonds. The van der Waals surface area contributed by atoms with Crippen LogP contribution >= 0.6 is 24.0 Å². The molecule has 0 spiro atoms. The summed E-state index contributed by atoms with van der Waals surface area (Å²) >= 11 is 0. The summed E-state index contributed by atoms with van der Waals surface area (Å²) in [6, 6.07) is 8.79. The maximum absolute atomic E-state index is 9.38. The minimum atomic E-state index is -0.00169. The third-order valence-electron chi connectivity index (χ3n) is 5.90. The Labute approximate surface area is 192 Å². The number of benzene rings is 1. The van der Waals surface area contributed by atoms with Gasteiger partial charge in [-0.25, -0.2) is 0 Å². The van der Waals surface area contributed by atoms with Crippen LogP contribution in [0.4, 0.5) is 0 Å². The Morgan fingerprint density at radius 2 is 2.10 bits per heavy atom. The third-order valence-corrected chi connectivity index (χ3v) is 5.90. The van der Waals surface area contributed by atoms with Crippen molar-refractivity contribution in [3.63, 3.8) is 0 Å². The molecule has 0 saturated carbocycles. The van der Waals surface area contributed by atoms with Gasteiger partial charge in [0.05, 0.1) is 13.2 Å². The molecule has 1 atom stereocenters. The number of aliphatic hydroxyl groups is 1. The van der Waals surface area contributed by atoms with Crippen molar-refractivity contribution in [1.82, 2.24) is 15.5 Å². The molecule has 2 heterocycles. The average molecular weight is 516 g/mol. The number of hydrogen-bond donors (Lipinski definition) is 3. The maximum atomic E-state index is 9.38. The van der Waals surface area contributed by atoms with Crippen molar-refractivity contribution in [2.24, 2.45) is 10.4 Å². The van der Waals surface area contributed by atoms with Gasteiger partial charge in [0.25, 0.3) is 0 Å². The summed E-state index contributed by atoms with van der Waals surface area (Å²) in [5.41, 5.74) is 2.98. The van der Waals surface area contributed by atoms with Gasteiger partial charge in [-0.3, -0.25) is 9.89 Å². The second-order valence-corrected chi connectivity index (χ2v) is 8.05. The van der Waals surface area contributed by atoms with Crippen molar-refractivity contribution < 1.29 is 9.84 Å². The Balaban J connectivity index is 0.00000300. The van der Waals surface area contributed by atoms with Crippen LogP contribution in [0.2, 0.25) is 0 Å². The van der Waals surface area contributed by atoms with E-state index in [9.17, 15) is 5.11 Å². The zero-order valence-corrected chi connectivity index (χ0v) is 20.0. The summed E-state index contributed by atoms with van der Waals surface area (Å²) in [5.74, 6) is 0.871. The van der Waals surface area contributed by atoms with Gasteiger partial charge in [0, 0.05) is 51.4 Å². The van der Waals surface area contributed by atoms with Crippen molar-refractivity contribution in [3.8, 4) is 0 Å². The molecule has 3 rings (SSSR count). The molecule has 7 heteroatoms. The summed E-state index contributed by atoms with van der Waals surface area (Å²) in [6.07, 6.45) is 3.99. The van der Waals surface area contributed by atoms with Gasteiger partial charge in [-0.1, -0.05) is 24.3 Å². The number of guanidine groups is 1. The van der Waals surface area contributed by atoms with Gasteiger partial charge in [-0.2, -0.15) is 0 Å². The van der Waals surface area contributed by atoms with E-state index in [0.29, 0.717) is 13.2 Å². The summed E-state index contributed by atoms with van der Waals surface area (Å²) in [4.78, 5) is 7.33. The minimum absolute atomic E-state index is 0. The molecule has 1 saturated heterocycles. The van der Waals surface area contributed by atoms with Crippen LogP contribution in [0, 0.1) is 5.41 Å². The van der Waals surface area contributed by atoms with Crippen molar-refractivity contribution >= 4 is 29.9 Å². The van der Waals surface area contributed by atoms with Crippen LogP contribution in [0.3, 0.4) is 0 Å². The number of nitrogens with one attached hydrogen (secondary N) is 2. The Hall–Kier alpha value is -0.900. The van der Waals surface area contributed by atoms with E-state index in [4.69, 9.17) is 9.73 Å². The van der Waals surface area contributed by atoms with E-state index in [2.05, 4.69) is 46.7 Å². The van der Waals surface area contributed by atoms with E-state index in [1.54, 1.807) is 0 Å². The molecule has 1 aromatic carbocycles. The Morgan fingerprint density at radius 1 is 1.28 bits per heavy atom. The second-order valence-electron chi connectivity index (χ2n) is 8.05. The molecule has 0 aliphatic carbocycles. The highest BCUT2D eigenvalue weighted by atomic mass is 127. The first kappa shape index (κ1) is 24.4. The number of hydrogen-bond acceptors (Lipinski definition) is 4. The molecule has 6 nitrogen and oxygen atoms in total. The first-order chi connectivity index (χ1) is 13.7. The van der Waals surface area contributed by atoms with E-state index in [0.717, 1.165) is 71.0 Å². The Kier molecular flexibility index (Phi) is 10.7. The van der Waals surface area contributed by atoms with Gasteiger partial charge < -0.3 is 20.5 Å². The fourth-order valence-electron chi connectivity index (χ4n) is 4.13. The zero-order chi connectivity index (χ0) is 19.7. The van der Waals surface area contributed by atoms with Crippen LogP contribution in [0.15, 0.2) is 29.3 Å². The van der Waals surface area contributed by atoms with Crippen LogP contribution in [0.25, 0.3) is 0 Å². The van der Waals surface area contributed by atoms with Gasteiger partial charge in [0.15, 0.2) is 5.96 Å². The van der Waals surface area contributed by atoms with Gasteiger partial charge in [0.1, 0.15) is 0 Å². The minimum Gasteiger partial charge on any atom is -0.396 e. The van der Waals surface area contributed by atoms with E-state index < -0.39 is 0 Å². The molecule has 29 heavy (non-hydrogen) atoms. The number of rotatable bonds is 9. The number of nitrogens with zero attached hydrogens (tertiary/aromatic N) is 2. The van der Waals surface area contributed by atoms with Crippen molar-refractivity contribution in [3.05, 3.63) is 35.4 Å². The lowest BCUT2D eigenvalue weighted by Gasteiger charge is -2.28. The summed E-state index contributed by atoms with van der Waals surface area (Å²) in [7, 11) is 0.